The number of rotatable bonds is 7. The molecule has 31 heavy (non-hydrogen) atoms. The molecule has 0 radical (unpaired) electrons. The van der Waals surface area contributed by atoms with Gasteiger partial charge in [-0.25, -0.2) is 9.18 Å². The summed E-state index contributed by atoms with van der Waals surface area (Å²) in [5.74, 6) is -1.10. The van der Waals surface area contributed by atoms with Crippen molar-refractivity contribution in [3.05, 3.63) is 23.5 Å². The molecule has 0 saturated carbocycles. The van der Waals surface area contributed by atoms with E-state index in [0.717, 1.165) is 36.8 Å². The molecule has 0 aliphatic carbocycles. The Morgan fingerprint density at radius 1 is 1.39 bits per heavy atom. The van der Waals surface area contributed by atoms with Crippen LogP contribution in [0.2, 0.25) is 0 Å². The predicted octanol–water partition coefficient (Wildman–Crippen LogP) is 3.94. The van der Waals surface area contributed by atoms with E-state index in [1.807, 2.05) is 0 Å². The number of hydrogen-bond donors (Lipinski definition) is 0. The topological polar surface area (TPSA) is 74.8 Å². The first-order valence-electron chi connectivity index (χ1n) is 9.85. The fourth-order valence-electron chi connectivity index (χ4n) is 3.29. The van der Waals surface area contributed by atoms with Crippen molar-refractivity contribution in [3.63, 3.8) is 0 Å². The number of alkyl halides is 3. The number of amides is 2. The smallest absolute Gasteiger partial charge is 0.450 e. The summed E-state index contributed by atoms with van der Waals surface area (Å²) < 4.78 is 70.8. The summed E-state index contributed by atoms with van der Waals surface area (Å²) in [5, 5.41) is 9.17. The van der Waals surface area contributed by atoms with Crippen molar-refractivity contribution in [1.82, 2.24) is 0 Å². The molecule has 2 aliphatic rings. The van der Waals surface area contributed by atoms with E-state index < -0.39 is 41.7 Å². The second-order valence-electron chi connectivity index (χ2n) is 7.10. The molecule has 2 atom stereocenters. The highest BCUT2D eigenvalue weighted by atomic mass is 19.4. The molecule has 1 aromatic rings. The number of nitriles is 1. The highest BCUT2D eigenvalue weighted by Crippen LogP contribution is 2.34. The van der Waals surface area contributed by atoms with E-state index in [-0.39, 0.29) is 12.3 Å². The molecule has 168 valence electrons. The molecule has 0 bridgehead atoms. The van der Waals surface area contributed by atoms with Crippen molar-refractivity contribution in [2.45, 2.75) is 51.7 Å². The minimum atomic E-state index is -4.68. The predicted molar refractivity (Wildman–Crippen MR) is 100 cm³/mol. The standard InChI is InChI=1S/C20H22F4N3O4/c1-3-26-17(11-30-18-6-4-5-7-29-18)27(19(26)28)15-9-16(13(10-25)8-14(15)21)31-12(2)20(22,23)24/h8-9,12,18H,3-7,11H2,1-2H3/q+1/t12-,18?/m0/s1. The molecule has 0 N–H and O–H groups in total. The number of anilines is 1. The van der Waals surface area contributed by atoms with Gasteiger partial charge in [0.2, 0.25) is 5.84 Å². The van der Waals surface area contributed by atoms with E-state index in [1.165, 1.54) is 4.58 Å². The van der Waals surface area contributed by atoms with E-state index in [9.17, 15) is 22.4 Å². The number of hydrogen-bond acceptors (Lipinski definition) is 5. The van der Waals surface area contributed by atoms with Gasteiger partial charge in [-0.1, -0.05) is 0 Å². The second kappa shape index (κ2) is 9.20. The minimum absolute atomic E-state index is 0.0567. The number of carbonyl (C=O) groups excluding carboxylic acids is 1. The summed E-state index contributed by atoms with van der Waals surface area (Å²) in [6.07, 6.45) is -4.81. The maximum absolute atomic E-state index is 14.7. The van der Waals surface area contributed by atoms with E-state index in [1.54, 1.807) is 13.0 Å². The Morgan fingerprint density at radius 3 is 2.71 bits per heavy atom. The van der Waals surface area contributed by atoms with Crippen LogP contribution in [0.5, 0.6) is 5.75 Å². The molecular formula is C20H22F4N3O4+. The molecule has 3 rings (SSSR count). The van der Waals surface area contributed by atoms with Crippen LogP contribution in [0.25, 0.3) is 0 Å². The average Bonchev–Trinajstić information content (AvgIpc) is 2.73. The highest BCUT2D eigenvalue weighted by molar-refractivity contribution is 6.20. The van der Waals surface area contributed by atoms with Crippen molar-refractivity contribution in [1.29, 1.82) is 5.26 Å². The van der Waals surface area contributed by atoms with Gasteiger partial charge in [0.15, 0.2) is 18.2 Å². The van der Waals surface area contributed by atoms with E-state index in [4.69, 9.17) is 19.5 Å². The molecule has 2 aliphatic heterocycles. The number of amidine groups is 1. The molecule has 7 nitrogen and oxygen atoms in total. The summed E-state index contributed by atoms with van der Waals surface area (Å²) in [5.41, 5.74) is -0.729. The summed E-state index contributed by atoms with van der Waals surface area (Å²) in [6, 6.07) is 2.72. The fourth-order valence-corrected chi connectivity index (χ4v) is 3.29. The molecule has 2 heterocycles. The zero-order valence-electron chi connectivity index (χ0n) is 17.0. The third-order valence-electron chi connectivity index (χ3n) is 5.02. The van der Waals surface area contributed by atoms with Crippen molar-refractivity contribution in [3.8, 4) is 11.8 Å². The lowest BCUT2D eigenvalue weighted by molar-refractivity contribution is -0.442. The molecule has 1 aromatic carbocycles. The van der Waals surface area contributed by atoms with Gasteiger partial charge in [-0.15, -0.1) is 0 Å². The van der Waals surface area contributed by atoms with Crippen molar-refractivity contribution in [2.24, 2.45) is 0 Å². The largest absolute Gasteiger partial charge is 0.480 e. The molecule has 1 fully saturated rings. The van der Waals surface area contributed by atoms with Crippen LogP contribution in [-0.2, 0) is 9.47 Å². The maximum atomic E-state index is 14.7. The molecule has 0 aromatic heterocycles. The fraction of sp³-hybridized carbons (Fsp3) is 0.550. The van der Waals surface area contributed by atoms with Gasteiger partial charge in [-0.2, -0.15) is 27.9 Å². The third-order valence-corrected chi connectivity index (χ3v) is 5.02. The number of urea groups is 1. The van der Waals surface area contributed by atoms with E-state index >= 15 is 0 Å². The summed E-state index contributed by atoms with van der Waals surface area (Å²) in [4.78, 5) is 13.6. The van der Waals surface area contributed by atoms with Crippen molar-refractivity contribution < 1.29 is 41.1 Å². The Morgan fingerprint density at radius 2 is 2.13 bits per heavy atom. The van der Waals surface area contributed by atoms with Gasteiger partial charge in [0.1, 0.15) is 24.1 Å². The Kier molecular flexibility index (Phi) is 6.81. The maximum Gasteiger partial charge on any atom is 0.450 e. The number of nitrogens with zero attached hydrogens (tertiary/aromatic N) is 3. The number of benzene rings is 1. The zero-order valence-corrected chi connectivity index (χ0v) is 17.0. The normalized spacial score (nSPS) is 20.4. The minimum Gasteiger partial charge on any atom is -0.480 e. The number of ether oxygens (including phenoxy) is 3. The molecule has 0 spiro atoms. The lowest BCUT2D eigenvalue weighted by Gasteiger charge is -2.32. The summed E-state index contributed by atoms with van der Waals surface area (Å²) in [6.45, 7) is 3.29. The zero-order chi connectivity index (χ0) is 22.8. The Labute approximate surface area is 176 Å². The van der Waals surface area contributed by atoms with Crippen LogP contribution < -0.4 is 9.64 Å². The van der Waals surface area contributed by atoms with Gasteiger partial charge in [-0.05, 0) is 39.2 Å². The van der Waals surface area contributed by atoms with Gasteiger partial charge >= 0.3 is 12.2 Å². The van der Waals surface area contributed by atoms with Gasteiger partial charge < -0.3 is 14.2 Å². The van der Waals surface area contributed by atoms with Crippen molar-refractivity contribution >= 4 is 17.6 Å². The summed E-state index contributed by atoms with van der Waals surface area (Å²) >= 11 is 0. The first-order chi connectivity index (χ1) is 14.7. The van der Waals surface area contributed by atoms with Gasteiger partial charge in [0, 0.05) is 12.7 Å². The lowest BCUT2D eigenvalue weighted by atomic mass is 10.1. The van der Waals surface area contributed by atoms with Crippen LogP contribution in [0.4, 0.5) is 28.0 Å². The number of carbonyl (C=O) groups is 1. The SMILES string of the molecule is CC[N+]1=C(COC2CCCCO2)N(c2cc(O[C@@H](C)C(F)(F)F)c(C#N)cc2F)C1=O. The second-order valence-corrected chi connectivity index (χ2v) is 7.10. The van der Waals surface area contributed by atoms with Gasteiger partial charge in [0.05, 0.1) is 12.1 Å². The quantitative estimate of drug-likeness (QED) is 0.471. The molecule has 2 amide bonds. The first-order valence-corrected chi connectivity index (χ1v) is 9.85. The molecular weight excluding hydrogens is 422 g/mol. The van der Waals surface area contributed by atoms with Crippen LogP contribution in [0.15, 0.2) is 12.1 Å². The van der Waals surface area contributed by atoms with E-state index in [0.29, 0.717) is 25.4 Å². The van der Waals surface area contributed by atoms with Crippen LogP contribution in [0.3, 0.4) is 0 Å². The molecule has 1 unspecified atom stereocenters. The van der Waals surface area contributed by atoms with Gasteiger partial charge in [0.25, 0.3) is 0 Å². The third kappa shape index (κ3) is 4.80. The monoisotopic (exact) mass is 444 g/mol. The van der Waals surface area contributed by atoms with Crippen LogP contribution in [0, 0.1) is 17.1 Å². The van der Waals surface area contributed by atoms with Gasteiger partial charge in [-0.3, -0.25) is 0 Å². The Balaban J connectivity index is 1.89. The lowest BCUT2D eigenvalue weighted by Crippen LogP contribution is -2.60. The Bertz CT molecular complexity index is 920. The molecule has 11 heteroatoms. The average molecular weight is 444 g/mol. The molecule has 1 saturated heterocycles. The first kappa shape index (κ1) is 23.0. The van der Waals surface area contributed by atoms with Crippen LogP contribution in [0.1, 0.15) is 38.7 Å². The van der Waals surface area contributed by atoms with Crippen molar-refractivity contribution in [2.75, 3.05) is 24.7 Å². The number of halogens is 4. The highest BCUT2D eigenvalue weighted by Gasteiger charge is 2.46. The van der Waals surface area contributed by atoms with Crippen LogP contribution >= 0.6 is 0 Å². The van der Waals surface area contributed by atoms with E-state index in [2.05, 4.69) is 0 Å². The Hall–Kier alpha value is -2.71. The summed E-state index contributed by atoms with van der Waals surface area (Å²) in [7, 11) is 0. The van der Waals surface area contributed by atoms with Crippen LogP contribution in [-0.4, -0.2) is 54.8 Å².